The molecule has 0 aromatic heterocycles. The third-order valence-electron chi connectivity index (χ3n) is 3.73. The summed E-state index contributed by atoms with van der Waals surface area (Å²) in [6.07, 6.45) is 4.42. The van der Waals surface area contributed by atoms with Crippen molar-refractivity contribution in [2.45, 2.75) is 43.3 Å². The summed E-state index contributed by atoms with van der Waals surface area (Å²) in [5.74, 6) is 4.23. The fraction of sp³-hybridized carbons (Fsp3) is 0.769. The number of carbonyl (C=O) groups excluding carboxylic acids is 1. The van der Waals surface area contributed by atoms with Gasteiger partial charge in [-0.25, -0.2) is 0 Å². The van der Waals surface area contributed by atoms with E-state index in [9.17, 15) is 4.79 Å². The predicted molar refractivity (Wildman–Crippen MR) is 73.2 cm³/mol. The van der Waals surface area contributed by atoms with Gasteiger partial charge < -0.3 is 4.74 Å². The van der Waals surface area contributed by atoms with Gasteiger partial charge in [0, 0.05) is 17.9 Å². The van der Waals surface area contributed by atoms with E-state index in [1.165, 1.54) is 30.8 Å². The van der Waals surface area contributed by atoms with Crippen LogP contribution in [0.3, 0.4) is 0 Å². The van der Waals surface area contributed by atoms with Crippen molar-refractivity contribution in [1.29, 1.82) is 0 Å². The van der Waals surface area contributed by atoms with Gasteiger partial charge in [-0.05, 0) is 37.7 Å². The highest BCUT2D eigenvalue weighted by atomic mass is 32.2. The van der Waals surface area contributed by atoms with E-state index in [2.05, 4.69) is 0 Å². The summed E-state index contributed by atoms with van der Waals surface area (Å²) in [4.78, 5) is 12.2. The molecule has 2 nitrogen and oxygen atoms in total. The van der Waals surface area contributed by atoms with E-state index >= 15 is 0 Å². The van der Waals surface area contributed by atoms with Crippen molar-refractivity contribution in [3.63, 3.8) is 0 Å². The van der Waals surface area contributed by atoms with Gasteiger partial charge in [0.25, 0.3) is 0 Å². The number of allylic oxidation sites excluding steroid dienone is 1. The first-order chi connectivity index (χ1) is 8.27. The predicted octanol–water partition coefficient (Wildman–Crippen LogP) is 3.22. The Morgan fingerprint density at radius 1 is 1.24 bits per heavy atom. The number of Topliss-reactive ketones (excluding diaryl/α,β-unsaturated/α-hetero) is 1. The van der Waals surface area contributed by atoms with Crippen LogP contribution in [0.4, 0.5) is 0 Å². The zero-order valence-electron chi connectivity index (χ0n) is 10.1. The van der Waals surface area contributed by atoms with E-state index in [4.69, 9.17) is 4.74 Å². The molecular formula is C13H18O2S2. The third kappa shape index (κ3) is 2.14. The lowest BCUT2D eigenvalue weighted by Gasteiger charge is -2.32. The largest absolute Gasteiger partial charge is 0.486 e. The molecule has 1 saturated heterocycles. The number of hydrogen-bond donors (Lipinski definition) is 0. The second kappa shape index (κ2) is 4.88. The summed E-state index contributed by atoms with van der Waals surface area (Å²) >= 11 is 4.09. The fourth-order valence-corrected chi connectivity index (χ4v) is 6.15. The quantitative estimate of drug-likeness (QED) is 0.731. The molecule has 1 fully saturated rings. The van der Waals surface area contributed by atoms with Gasteiger partial charge in [-0.3, -0.25) is 4.79 Å². The van der Waals surface area contributed by atoms with Crippen LogP contribution in [0.15, 0.2) is 11.3 Å². The molecule has 0 aromatic carbocycles. The zero-order chi connectivity index (χ0) is 11.8. The van der Waals surface area contributed by atoms with Crippen LogP contribution in [0, 0.1) is 5.92 Å². The van der Waals surface area contributed by atoms with Gasteiger partial charge in [0.1, 0.15) is 5.76 Å². The first-order valence-electron chi connectivity index (χ1n) is 6.44. The maximum atomic E-state index is 12.2. The Kier molecular flexibility index (Phi) is 3.44. The van der Waals surface area contributed by atoms with E-state index in [1.807, 2.05) is 30.4 Å². The average molecular weight is 270 g/mol. The second-order valence-corrected chi connectivity index (χ2v) is 7.72. The molecule has 2 atom stereocenters. The van der Waals surface area contributed by atoms with Gasteiger partial charge in [-0.1, -0.05) is 0 Å². The maximum Gasteiger partial charge on any atom is 0.202 e. The van der Waals surface area contributed by atoms with E-state index < -0.39 is 0 Å². The van der Waals surface area contributed by atoms with Crippen molar-refractivity contribution in [3.8, 4) is 0 Å². The second-order valence-electron chi connectivity index (χ2n) is 4.92. The van der Waals surface area contributed by atoms with Crippen molar-refractivity contribution in [2.75, 3.05) is 11.5 Å². The number of rotatable bonds is 1. The fourth-order valence-electron chi connectivity index (χ4n) is 2.91. The minimum atomic E-state index is -0.223. The van der Waals surface area contributed by atoms with Crippen LogP contribution in [0.1, 0.15) is 32.6 Å². The monoisotopic (exact) mass is 270 g/mol. The molecule has 0 saturated carbocycles. The van der Waals surface area contributed by atoms with Crippen molar-refractivity contribution in [3.05, 3.63) is 11.3 Å². The van der Waals surface area contributed by atoms with Gasteiger partial charge in [-0.15, -0.1) is 23.5 Å². The molecule has 3 aliphatic rings. The minimum absolute atomic E-state index is 0.223. The number of carbonyl (C=O) groups is 1. The standard InChI is InChI=1S/C13H18O2S2/c1-8-12(14)11-9(4-2-5-10(11)15-8)13-16-6-3-7-17-13/h8-9,13H,2-7H2,1H3. The third-order valence-corrected chi connectivity index (χ3v) is 6.90. The number of ketones is 1. The van der Waals surface area contributed by atoms with E-state index in [-0.39, 0.29) is 11.9 Å². The summed E-state index contributed by atoms with van der Waals surface area (Å²) in [6.45, 7) is 1.89. The Bertz CT molecular complexity index is 358. The topological polar surface area (TPSA) is 26.3 Å². The van der Waals surface area contributed by atoms with Gasteiger partial charge in [0.15, 0.2) is 6.10 Å². The average Bonchev–Trinajstić information content (AvgIpc) is 2.66. The molecule has 1 aliphatic carbocycles. The Morgan fingerprint density at radius 2 is 2.00 bits per heavy atom. The van der Waals surface area contributed by atoms with Crippen LogP contribution >= 0.6 is 23.5 Å². The van der Waals surface area contributed by atoms with Crippen LogP contribution in [0.2, 0.25) is 0 Å². The summed E-state index contributed by atoms with van der Waals surface area (Å²) in [5.41, 5.74) is 1.05. The summed E-state index contributed by atoms with van der Waals surface area (Å²) in [7, 11) is 0. The molecule has 0 radical (unpaired) electrons. The molecule has 4 heteroatoms. The molecule has 17 heavy (non-hydrogen) atoms. The van der Waals surface area contributed by atoms with E-state index in [1.54, 1.807) is 0 Å². The molecule has 2 heterocycles. The Morgan fingerprint density at radius 3 is 2.76 bits per heavy atom. The van der Waals surface area contributed by atoms with Crippen molar-refractivity contribution in [2.24, 2.45) is 5.92 Å². The number of hydrogen-bond acceptors (Lipinski definition) is 4. The molecule has 0 bridgehead atoms. The first-order valence-corrected chi connectivity index (χ1v) is 8.54. The van der Waals surface area contributed by atoms with Crippen LogP contribution in [-0.2, 0) is 9.53 Å². The number of ether oxygens (including phenoxy) is 1. The Labute approximate surface area is 111 Å². The van der Waals surface area contributed by atoms with Crippen molar-refractivity contribution >= 4 is 29.3 Å². The highest BCUT2D eigenvalue weighted by Crippen LogP contribution is 2.47. The Balaban J connectivity index is 1.84. The lowest BCUT2D eigenvalue weighted by Crippen LogP contribution is -2.27. The van der Waals surface area contributed by atoms with Gasteiger partial charge in [0.05, 0.1) is 4.58 Å². The Hall–Kier alpha value is -0.0900. The molecule has 0 amide bonds. The van der Waals surface area contributed by atoms with E-state index in [0.29, 0.717) is 10.5 Å². The van der Waals surface area contributed by atoms with Crippen LogP contribution in [0.25, 0.3) is 0 Å². The summed E-state index contributed by atoms with van der Waals surface area (Å²) in [6, 6.07) is 0. The van der Waals surface area contributed by atoms with Crippen LogP contribution < -0.4 is 0 Å². The van der Waals surface area contributed by atoms with E-state index in [0.717, 1.165) is 17.8 Å². The zero-order valence-corrected chi connectivity index (χ0v) is 11.7. The molecule has 94 valence electrons. The molecule has 2 unspecified atom stereocenters. The smallest absolute Gasteiger partial charge is 0.202 e. The SMILES string of the molecule is CC1OC2=C(C1=O)C(C1SCCCS1)CCC2. The first kappa shape index (κ1) is 12.0. The highest BCUT2D eigenvalue weighted by molar-refractivity contribution is 8.17. The summed E-state index contributed by atoms with van der Waals surface area (Å²) in [5, 5.41) is 0. The molecule has 0 N–H and O–H groups in total. The molecular weight excluding hydrogens is 252 g/mol. The molecule has 0 aromatic rings. The molecule has 0 spiro atoms. The van der Waals surface area contributed by atoms with Crippen LogP contribution in [0.5, 0.6) is 0 Å². The van der Waals surface area contributed by atoms with Crippen molar-refractivity contribution < 1.29 is 9.53 Å². The van der Waals surface area contributed by atoms with Gasteiger partial charge >= 0.3 is 0 Å². The molecule has 2 aliphatic heterocycles. The van der Waals surface area contributed by atoms with Crippen molar-refractivity contribution in [1.82, 2.24) is 0 Å². The lowest BCUT2D eigenvalue weighted by atomic mass is 9.85. The van der Waals surface area contributed by atoms with Crippen LogP contribution in [-0.4, -0.2) is 28.0 Å². The normalized spacial score (nSPS) is 34.8. The lowest BCUT2D eigenvalue weighted by molar-refractivity contribution is -0.120. The number of thioether (sulfide) groups is 2. The minimum Gasteiger partial charge on any atom is -0.486 e. The van der Waals surface area contributed by atoms with Gasteiger partial charge in [-0.2, -0.15) is 0 Å². The molecule has 3 rings (SSSR count). The summed E-state index contributed by atoms with van der Waals surface area (Å²) < 4.78 is 6.30. The maximum absolute atomic E-state index is 12.2. The highest BCUT2D eigenvalue weighted by Gasteiger charge is 2.42. The van der Waals surface area contributed by atoms with Gasteiger partial charge in [0.2, 0.25) is 5.78 Å².